The van der Waals surface area contributed by atoms with Crippen molar-refractivity contribution in [1.29, 1.82) is 0 Å². The molecule has 1 atom stereocenters. The van der Waals surface area contributed by atoms with Gasteiger partial charge in [-0.25, -0.2) is 9.97 Å². The van der Waals surface area contributed by atoms with Crippen LogP contribution in [0.4, 0.5) is 5.95 Å². The first-order valence-corrected chi connectivity index (χ1v) is 9.49. The van der Waals surface area contributed by atoms with E-state index in [1.165, 1.54) is 0 Å². The van der Waals surface area contributed by atoms with Crippen LogP contribution in [-0.4, -0.2) is 72.5 Å². The molecule has 0 aliphatic carbocycles. The third-order valence-electron chi connectivity index (χ3n) is 5.07. The van der Waals surface area contributed by atoms with E-state index >= 15 is 0 Å². The van der Waals surface area contributed by atoms with Gasteiger partial charge >= 0.3 is 0 Å². The number of aromatic nitrogens is 2. The second kappa shape index (κ2) is 12.7. The van der Waals surface area contributed by atoms with Gasteiger partial charge < -0.3 is 20.4 Å². The Bertz CT molecular complexity index is 593. The van der Waals surface area contributed by atoms with Crippen molar-refractivity contribution in [3.8, 4) is 0 Å². The maximum atomic E-state index is 12.3. The van der Waals surface area contributed by atoms with Gasteiger partial charge in [-0.05, 0) is 37.9 Å². The van der Waals surface area contributed by atoms with Crippen LogP contribution in [0.25, 0.3) is 0 Å². The molecule has 2 N–H and O–H groups in total. The number of halogens is 2. The van der Waals surface area contributed by atoms with Crippen LogP contribution in [0.2, 0.25) is 0 Å². The van der Waals surface area contributed by atoms with Crippen molar-refractivity contribution in [2.75, 3.05) is 50.7 Å². The van der Waals surface area contributed by atoms with Crippen LogP contribution in [0, 0.1) is 5.92 Å². The molecule has 1 aromatic rings. The summed E-state index contributed by atoms with van der Waals surface area (Å²) in [6, 6.07) is 1.79. The van der Waals surface area contributed by atoms with Gasteiger partial charge in [0, 0.05) is 58.0 Å². The van der Waals surface area contributed by atoms with Crippen LogP contribution in [-0.2, 0) is 9.59 Å². The minimum Gasteiger partial charge on any atom is -0.356 e. The summed E-state index contributed by atoms with van der Waals surface area (Å²) < 4.78 is 0. The molecule has 0 aromatic carbocycles. The Kier molecular flexibility index (Phi) is 11.1. The van der Waals surface area contributed by atoms with Crippen LogP contribution < -0.4 is 15.5 Å². The number of rotatable bonds is 7. The third kappa shape index (κ3) is 7.41. The first-order valence-electron chi connectivity index (χ1n) is 9.49. The van der Waals surface area contributed by atoms with Crippen LogP contribution in [0.15, 0.2) is 18.5 Å². The highest BCUT2D eigenvalue weighted by Gasteiger charge is 2.22. The highest BCUT2D eigenvalue weighted by Crippen LogP contribution is 2.14. The van der Waals surface area contributed by atoms with E-state index in [-0.39, 0.29) is 36.6 Å². The highest BCUT2D eigenvalue weighted by atomic mass is 35.5. The van der Waals surface area contributed by atoms with E-state index in [1.807, 2.05) is 4.90 Å². The predicted octanol–water partition coefficient (Wildman–Crippen LogP) is 0.865. The standard InChI is InChI=1S/C18H28N6O2.2ClH/c25-16(3-2-15-4-8-19-14-15)20-9-5-17(26)23-10-12-24(13-11-23)18-21-6-1-7-22-18;;/h1,6-7,15,19H,2-5,8-14H2,(H,20,25);2*1H. The van der Waals surface area contributed by atoms with Gasteiger partial charge in [-0.3, -0.25) is 9.59 Å². The van der Waals surface area contributed by atoms with Crippen molar-refractivity contribution >= 4 is 42.6 Å². The van der Waals surface area contributed by atoms with Crippen molar-refractivity contribution in [2.45, 2.75) is 25.7 Å². The molecule has 28 heavy (non-hydrogen) atoms. The summed E-state index contributed by atoms with van der Waals surface area (Å²) in [6.45, 7) is 5.30. The lowest BCUT2D eigenvalue weighted by molar-refractivity contribution is -0.131. The quantitative estimate of drug-likeness (QED) is 0.663. The zero-order chi connectivity index (χ0) is 18.2. The second-order valence-electron chi connectivity index (χ2n) is 6.91. The van der Waals surface area contributed by atoms with Crippen molar-refractivity contribution < 1.29 is 9.59 Å². The molecule has 0 bridgehead atoms. The van der Waals surface area contributed by atoms with Gasteiger partial charge in [0.1, 0.15) is 0 Å². The Morgan fingerprint density at radius 1 is 1.11 bits per heavy atom. The van der Waals surface area contributed by atoms with E-state index in [0.29, 0.717) is 44.3 Å². The molecule has 2 aliphatic rings. The summed E-state index contributed by atoms with van der Waals surface area (Å²) in [4.78, 5) is 36.6. The van der Waals surface area contributed by atoms with Gasteiger partial charge in [0.05, 0.1) is 0 Å². The van der Waals surface area contributed by atoms with Crippen LogP contribution in [0.1, 0.15) is 25.7 Å². The molecule has 2 aliphatic heterocycles. The van der Waals surface area contributed by atoms with Crippen molar-refractivity contribution in [3.63, 3.8) is 0 Å². The van der Waals surface area contributed by atoms with E-state index in [9.17, 15) is 9.59 Å². The number of carbonyl (C=O) groups excluding carboxylic acids is 2. The molecule has 0 spiro atoms. The fraction of sp³-hybridized carbons (Fsp3) is 0.667. The summed E-state index contributed by atoms with van der Waals surface area (Å²) >= 11 is 0. The van der Waals surface area contributed by atoms with Gasteiger partial charge in [0.15, 0.2) is 0 Å². The summed E-state index contributed by atoms with van der Waals surface area (Å²) in [6.07, 6.45) is 6.45. The van der Waals surface area contributed by atoms with Crippen molar-refractivity contribution in [2.24, 2.45) is 5.92 Å². The molecule has 3 rings (SSSR count). The smallest absolute Gasteiger partial charge is 0.225 e. The zero-order valence-electron chi connectivity index (χ0n) is 16.0. The van der Waals surface area contributed by atoms with Gasteiger partial charge in [-0.1, -0.05) is 0 Å². The number of hydrogen-bond acceptors (Lipinski definition) is 6. The molecule has 0 radical (unpaired) electrons. The molecule has 158 valence electrons. The van der Waals surface area contributed by atoms with Crippen LogP contribution in [0.5, 0.6) is 0 Å². The number of amides is 2. The normalized spacial score (nSPS) is 18.8. The average Bonchev–Trinajstić information content (AvgIpc) is 3.21. The van der Waals surface area contributed by atoms with E-state index in [0.717, 1.165) is 39.0 Å². The fourth-order valence-corrected chi connectivity index (χ4v) is 3.46. The fourth-order valence-electron chi connectivity index (χ4n) is 3.46. The Balaban J connectivity index is 0.00000196. The Hall–Kier alpha value is -1.64. The van der Waals surface area contributed by atoms with Gasteiger partial charge in [-0.2, -0.15) is 0 Å². The molecule has 3 heterocycles. The molecule has 2 fully saturated rings. The SMILES string of the molecule is Cl.Cl.O=C(CCC1CCNC1)NCCC(=O)N1CCN(c2ncccn2)CC1. The lowest BCUT2D eigenvalue weighted by Crippen LogP contribution is -2.49. The van der Waals surface area contributed by atoms with Gasteiger partial charge in [0.25, 0.3) is 0 Å². The Morgan fingerprint density at radius 2 is 1.82 bits per heavy atom. The molecule has 0 saturated carbocycles. The van der Waals surface area contributed by atoms with Gasteiger partial charge in [0.2, 0.25) is 17.8 Å². The monoisotopic (exact) mass is 432 g/mol. The summed E-state index contributed by atoms with van der Waals surface area (Å²) in [5, 5.41) is 6.18. The molecule has 1 unspecified atom stereocenters. The molecule has 1 aromatic heterocycles. The van der Waals surface area contributed by atoms with Gasteiger partial charge in [-0.15, -0.1) is 24.8 Å². The van der Waals surface area contributed by atoms with E-state index in [4.69, 9.17) is 0 Å². The van der Waals surface area contributed by atoms with Crippen molar-refractivity contribution in [1.82, 2.24) is 25.5 Å². The minimum absolute atomic E-state index is 0. The van der Waals surface area contributed by atoms with Crippen LogP contribution in [0.3, 0.4) is 0 Å². The highest BCUT2D eigenvalue weighted by molar-refractivity contribution is 5.85. The topological polar surface area (TPSA) is 90.5 Å². The lowest BCUT2D eigenvalue weighted by Gasteiger charge is -2.34. The molecular weight excluding hydrogens is 403 g/mol. The van der Waals surface area contributed by atoms with E-state index < -0.39 is 0 Å². The summed E-state index contributed by atoms with van der Waals surface area (Å²) in [7, 11) is 0. The molecule has 2 saturated heterocycles. The number of hydrogen-bond donors (Lipinski definition) is 2. The first-order chi connectivity index (χ1) is 12.7. The van der Waals surface area contributed by atoms with E-state index in [2.05, 4.69) is 25.5 Å². The molecule has 2 amide bonds. The van der Waals surface area contributed by atoms with Crippen LogP contribution >= 0.6 is 24.8 Å². The maximum absolute atomic E-state index is 12.3. The zero-order valence-corrected chi connectivity index (χ0v) is 17.6. The lowest BCUT2D eigenvalue weighted by atomic mass is 10.0. The second-order valence-corrected chi connectivity index (χ2v) is 6.91. The maximum Gasteiger partial charge on any atom is 0.225 e. The largest absolute Gasteiger partial charge is 0.356 e. The number of piperazine rings is 1. The molecular formula is C18H30Cl2N6O2. The number of anilines is 1. The van der Waals surface area contributed by atoms with Crippen molar-refractivity contribution in [3.05, 3.63) is 18.5 Å². The number of nitrogens with zero attached hydrogens (tertiary/aromatic N) is 4. The first kappa shape index (κ1) is 24.4. The minimum atomic E-state index is 0. The number of nitrogens with one attached hydrogen (secondary N) is 2. The van der Waals surface area contributed by atoms with E-state index in [1.54, 1.807) is 18.5 Å². The summed E-state index contributed by atoms with van der Waals surface area (Å²) in [5.41, 5.74) is 0. The molecule has 8 nitrogen and oxygen atoms in total. The number of carbonyl (C=O) groups is 2. The third-order valence-corrected chi connectivity index (χ3v) is 5.07. The Labute approximate surface area is 178 Å². The Morgan fingerprint density at radius 3 is 2.46 bits per heavy atom. The predicted molar refractivity (Wildman–Crippen MR) is 113 cm³/mol. The molecule has 10 heteroatoms. The summed E-state index contributed by atoms with van der Waals surface area (Å²) in [5.74, 6) is 1.48. The average molecular weight is 433 g/mol.